The largest absolute Gasteiger partial charge is 0.493 e. The van der Waals surface area contributed by atoms with Crippen LogP contribution in [0.2, 0.25) is 0 Å². The van der Waals surface area contributed by atoms with Crippen LogP contribution < -0.4 is 9.47 Å². The van der Waals surface area contributed by atoms with Gasteiger partial charge in [0.15, 0.2) is 11.5 Å². The number of para-hydroxylation sites is 1. The molecule has 5 nitrogen and oxygen atoms in total. The van der Waals surface area contributed by atoms with Crippen LogP contribution >= 0.6 is 0 Å². The smallest absolute Gasteiger partial charge is 0.165 e. The standard InChI is InChI=1S/C22H28FNO4/c1-4-12-28-16-20(25)15-24(13-17-8-10-19(23)11-9-17)14-18-6-5-7-21(26-2)22(18)27-3/h4-11,20,25H,1,12-16H2,2-3H3/t20-/m0/s1. The van der Waals surface area contributed by atoms with Gasteiger partial charge in [0.25, 0.3) is 0 Å². The Balaban J connectivity index is 2.17. The molecule has 6 heteroatoms. The summed E-state index contributed by atoms with van der Waals surface area (Å²) in [5.41, 5.74) is 1.88. The molecule has 2 aromatic rings. The molecule has 0 aromatic heterocycles. The summed E-state index contributed by atoms with van der Waals surface area (Å²) in [5.74, 6) is 1.03. The molecule has 28 heavy (non-hydrogen) atoms. The molecule has 0 aliphatic carbocycles. The molecule has 2 aromatic carbocycles. The van der Waals surface area contributed by atoms with Crippen LogP contribution in [0.4, 0.5) is 4.39 Å². The van der Waals surface area contributed by atoms with E-state index in [9.17, 15) is 9.50 Å². The number of aliphatic hydroxyl groups is 1. The van der Waals surface area contributed by atoms with E-state index in [0.29, 0.717) is 37.7 Å². The number of rotatable bonds is 12. The van der Waals surface area contributed by atoms with Gasteiger partial charge in [0.05, 0.1) is 33.5 Å². The normalized spacial score (nSPS) is 12.0. The molecule has 0 heterocycles. The van der Waals surface area contributed by atoms with E-state index >= 15 is 0 Å². The SMILES string of the molecule is C=CCOC[C@@H](O)CN(Cc1ccc(F)cc1)Cc1cccc(OC)c1OC. The third-order valence-corrected chi connectivity index (χ3v) is 4.21. The van der Waals surface area contributed by atoms with Crippen molar-refractivity contribution >= 4 is 0 Å². The Labute approximate surface area is 166 Å². The molecule has 1 atom stereocenters. The third kappa shape index (κ3) is 6.64. The molecule has 0 spiro atoms. The van der Waals surface area contributed by atoms with Gasteiger partial charge in [0, 0.05) is 25.2 Å². The molecule has 0 saturated carbocycles. The minimum atomic E-state index is -0.669. The second-order valence-corrected chi connectivity index (χ2v) is 6.43. The van der Waals surface area contributed by atoms with Crippen molar-refractivity contribution in [3.63, 3.8) is 0 Å². The first-order chi connectivity index (χ1) is 13.6. The molecule has 0 radical (unpaired) electrons. The highest BCUT2D eigenvalue weighted by Crippen LogP contribution is 2.31. The Morgan fingerprint density at radius 1 is 1.11 bits per heavy atom. The van der Waals surface area contributed by atoms with Crippen LogP contribution in [0.3, 0.4) is 0 Å². The highest BCUT2D eigenvalue weighted by atomic mass is 19.1. The van der Waals surface area contributed by atoms with Gasteiger partial charge in [-0.1, -0.05) is 30.3 Å². The maximum absolute atomic E-state index is 13.2. The minimum Gasteiger partial charge on any atom is -0.493 e. The van der Waals surface area contributed by atoms with Crippen molar-refractivity contribution in [1.29, 1.82) is 0 Å². The summed E-state index contributed by atoms with van der Waals surface area (Å²) in [5, 5.41) is 10.4. The van der Waals surface area contributed by atoms with Crippen LogP contribution in [0.25, 0.3) is 0 Å². The molecule has 0 amide bonds. The lowest BCUT2D eigenvalue weighted by Gasteiger charge is -2.26. The van der Waals surface area contributed by atoms with Gasteiger partial charge in [-0.3, -0.25) is 4.90 Å². The van der Waals surface area contributed by atoms with Crippen molar-refractivity contribution in [3.05, 3.63) is 72.1 Å². The van der Waals surface area contributed by atoms with E-state index in [-0.39, 0.29) is 12.4 Å². The predicted molar refractivity (Wildman–Crippen MR) is 107 cm³/mol. The first-order valence-corrected chi connectivity index (χ1v) is 9.10. The zero-order chi connectivity index (χ0) is 20.4. The van der Waals surface area contributed by atoms with E-state index in [4.69, 9.17) is 14.2 Å². The van der Waals surface area contributed by atoms with Crippen molar-refractivity contribution in [2.75, 3.05) is 34.0 Å². The summed E-state index contributed by atoms with van der Waals surface area (Å²) in [4.78, 5) is 2.06. The quantitative estimate of drug-likeness (QED) is 0.445. The Bertz CT molecular complexity index is 736. The second kappa shape index (κ2) is 11.4. The van der Waals surface area contributed by atoms with E-state index in [0.717, 1.165) is 11.1 Å². The summed E-state index contributed by atoms with van der Waals surface area (Å²) in [6.45, 7) is 5.65. The number of hydrogen-bond acceptors (Lipinski definition) is 5. The number of nitrogens with zero attached hydrogens (tertiary/aromatic N) is 1. The number of hydrogen-bond donors (Lipinski definition) is 1. The Morgan fingerprint density at radius 2 is 1.86 bits per heavy atom. The number of benzene rings is 2. The van der Waals surface area contributed by atoms with Gasteiger partial charge in [-0.25, -0.2) is 4.39 Å². The summed E-state index contributed by atoms with van der Waals surface area (Å²) >= 11 is 0. The fraction of sp³-hybridized carbons (Fsp3) is 0.364. The number of aliphatic hydroxyl groups excluding tert-OH is 1. The fourth-order valence-corrected chi connectivity index (χ4v) is 2.99. The fourth-order valence-electron chi connectivity index (χ4n) is 2.99. The van der Waals surface area contributed by atoms with Crippen LogP contribution in [-0.4, -0.2) is 50.1 Å². The zero-order valence-electron chi connectivity index (χ0n) is 16.4. The van der Waals surface area contributed by atoms with Gasteiger partial charge in [-0.05, 0) is 23.8 Å². The monoisotopic (exact) mass is 389 g/mol. The summed E-state index contributed by atoms with van der Waals surface area (Å²) < 4.78 is 29.5. The van der Waals surface area contributed by atoms with Crippen molar-refractivity contribution in [3.8, 4) is 11.5 Å². The first kappa shape index (κ1) is 21.9. The molecule has 0 aliphatic heterocycles. The lowest BCUT2D eigenvalue weighted by molar-refractivity contribution is 0.0227. The Morgan fingerprint density at radius 3 is 2.50 bits per heavy atom. The molecule has 0 unspecified atom stereocenters. The number of ether oxygens (including phenoxy) is 3. The minimum absolute atomic E-state index is 0.210. The van der Waals surface area contributed by atoms with E-state index < -0.39 is 6.10 Å². The third-order valence-electron chi connectivity index (χ3n) is 4.21. The van der Waals surface area contributed by atoms with Crippen molar-refractivity contribution in [1.82, 2.24) is 4.90 Å². The van der Waals surface area contributed by atoms with Gasteiger partial charge >= 0.3 is 0 Å². The lowest BCUT2D eigenvalue weighted by Crippen LogP contribution is -2.34. The van der Waals surface area contributed by atoms with Gasteiger partial charge in [-0.2, -0.15) is 0 Å². The van der Waals surface area contributed by atoms with Crippen LogP contribution in [-0.2, 0) is 17.8 Å². The lowest BCUT2D eigenvalue weighted by atomic mass is 10.1. The van der Waals surface area contributed by atoms with Gasteiger partial charge in [-0.15, -0.1) is 6.58 Å². The predicted octanol–water partition coefficient (Wildman–Crippen LogP) is 3.41. The molecule has 0 fully saturated rings. The van der Waals surface area contributed by atoms with E-state index in [1.54, 1.807) is 32.4 Å². The summed E-state index contributed by atoms with van der Waals surface area (Å²) in [7, 11) is 3.20. The van der Waals surface area contributed by atoms with Gasteiger partial charge in [0.1, 0.15) is 5.82 Å². The van der Waals surface area contributed by atoms with Gasteiger partial charge in [0.2, 0.25) is 0 Å². The van der Waals surface area contributed by atoms with Crippen LogP contribution in [0.5, 0.6) is 11.5 Å². The van der Waals surface area contributed by atoms with Crippen molar-refractivity contribution in [2.24, 2.45) is 0 Å². The summed E-state index contributed by atoms with van der Waals surface area (Å²) in [6, 6.07) is 12.0. The van der Waals surface area contributed by atoms with Crippen molar-refractivity contribution in [2.45, 2.75) is 19.2 Å². The molecule has 152 valence electrons. The average molecular weight is 389 g/mol. The highest BCUT2D eigenvalue weighted by Gasteiger charge is 2.17. The molecule has 0 bridgehead atoms. The Hall–Kier alpha value is -2.41. The zero-order valence-corrected chi connectivity index (χ0v) is 16.4. The second-order valence-electron chi connectivity index (χ2n) is 6.43. The maximum atomic E-state index is 13.2. The maximum Gasteiger partial charge on any atom is 0.165 e. The van der Waals surface area contributed by atoms with Crippen molar-refractivity contribution < 1.29 is 23.7 Å². The van der Waals surface area contributed by atoms with Crippen LogP contribution in [0.1, 0.15) is 11.1 Å². The molecule has 1 N–H and O–H groups in total. The number of methoxy groups -OCH3 is 2. The topological polar surface area (TPSA) is 51.2 Å². The van der Waals surface area contributed by atoms with Gasteiger partial charge < -0.3 is 19.3 Å². The highest BCUT2D eigenvalue weighted by molar-refractivity contribution is 5.46. The molecular formula is C22H28FNO4. The van der Waals surface area contributed by atoms with Crippen LogP contribution in [0, 0.1) is 5.82 Å². The first-order valence-electron chi connectivity index (χ1n) is 9.10. The number of halogens is 1. The molecule has 0 saturated heterocycles. The summed E-state index contributed by atoms with van der Waals surface area (Å²) in [6.07, 6.45) is 0.974. The molecule has 0 aliphatic rings. The molecular weight excluding hydrogens is 361 g/mol. The average Bonchev–Trinajstić information content (AvgIpc) is 2.69. The Kier molecular flexibility index (Phi) is 8.94. The molecule has 2 rings (SSSR count). The van der Waals surface area contributed by atoms with E-state index in [1.807, 2.05) is 18.2 Å². The van der Waals surface area contributed by atoms with Crippen LogP contribution in [0.15, 0.2) is 55.1 Å². The van der Waals surface area contributed by atoms with E-state index in [1.165, 1.54) is 12.1 Å². The van der Waals surface area contributed by atoms with E-state index in [2.05, 4.69) is 11.5 Å².